The van der Waals surface area contributed by atoms with Crippen LogP contribution in [0.4, 0.5) is 10.1 Å². The number of carbonyl (C=O) groups excluding carboxylic acids is 2. The van der Waals surface area contributed by atoms with E-state index in [9.17, 15) is 14.0 Å². The van der Waals surface area contributed by atoms with Crippen molar-refractivity contribution in [3.05, 3.63) is 65.0 Å². The first-order valence-corrected chi connectivity index (χ1v) is 12.2. The SMILES string of the molecule is Cc1c(F)cccc1C(=O)Nc1cccc(CN2CCC(C(=O)NC3CCCCC3)CC2)c1. The first-order chi connectivity index (χ1) is 16.0. The summed E-state index contributed by atoms with van der Waals surface area (Å²) < 4.78 is 13.8. The quantitative estimate of drug-likeness (QED) is 0.646. The minimum atomic E-state index is -0.382. The van der Waals surface area contributed by atoms with Gasteiger partial charge >= 0.3 is 0 Å². The topological polar surface area (TPSA) is 61.4 Å². The maximum Gasteiger partial charge on any atom is 0.256 e. The molecule has 2 aliphatic rings. The Hall–Kier alpha value is -2.73. The predicted octanol–water partition coefficient (Wildman–Crippen LogP) is 5.05. The molecule has 2 aromatic carbocycles. The molecule has 176 valence electrons. The van der Waals surface area contributed by atoms with Crippen molar-refractivity contribution < 1.29 is 14.0 Å². The number of hydrogen-bond acceptors (Lipinski definition) is 3. The zero-order valence-corrected chi connectivity index (χ0v) is 19.4. The lowest BCUT2D eigenvalue weighted by Crippen LogP contribution is -2.44. The molecule has 0 radical (unpaired) electrons. The monoisotopic (exact) mass is 451 g/mol. The standard InChI is InChI=1S/C27H34FN3O2/c1-19-24(11-6-12-25(19)28)27(33)30-23-10-5-7-20(17-23)18-31-15-13-21(14-16-31)26(32)29-22-8-3-2-4-9-22/h5-7,10-12,17,21-22H,2-4,8-9,13-16,18H2,1H3,(H,29,32)(H,30,33). The normalized spacial score (nSPS) is 18.1. The van der Waals surface area contributed by atoms with Crippen LogP contribution in [0.1, 0.15) is 66.4 Å². The van der Waals surface area contributed by atoms with Gasteiger partial charge in [0, 0.05) is 29.8 Å². The summed E-state index contributed by atoms with van der Waals surface area (Å²) >= 11 is 0. The number of rotatable bonds is 6. The Morgan fingerprint density at radius 3 is 2.48 bits per heavy atom. The van der Waals surface area contributed by atoms with Gasteiger partial charge in [-0.2, -0.15) is 0 Å². The number of carbonyl (C=O) groups is 2. The van der Waals surface area contributed by atoms with Gasteiger partial charge in [-0.3, -0.25) is 14.5 Å². The van der Waals surface area contributed by atoms with Crippen molar-refractivity contribution in [3.8, 4) is 0 Å². The van der Waals surface area contributed by atoms with Crippen LogP contribution in [0, 0.1) is 18.7 Å². The average molecular weight is 452 g/mol. The fourth-order valence-corrected chi connectivity index (χ4v) is 4.98. The summed E-state index contributed by atoms with van der Waals surface area (Å²) in [5.74, 6) is -0.344. The Labute approximate surface area is 195 Å². The minimum absolute atomic E-state index is 0.114. The molecule has 4 rings (SSSR count). The highest BCUT2D eigenvalue weighted by molar-refractivity contribution is 6.05. The van der Waals surface area contributed by atoms with E-state index in [-0.39, 0.29) is 23.5 Å². The average Bonchev–Trinajstić information content (AvgIpc) is 2.82. The van der Waals surface area contributed by atoms with Crippen molar-refractivity contribution in [3.63, 3.8) is 0 Å². The highest BCUT2D eigenvalue weighted by Crippen LogP contribution is 2.23. The molecule has 0 atom stereocenters. The molecule has 5 nitrogen and oxygen atoms in total. The van der Waals surface area contributed by atoms with E-state index in [2.05, 4.69) is 15.5 Å². The summed E-state index contributed by atoms with van der Waals surface area (Å²) in [7, 11) is 0. The zero-order chi connectivity index (χ0) is 23.2. The summed E-state index contributed by atoms with van der Waals surface area (Å²) in [4.78, 5) is 27.6. The third kappa shape index (κ3) is 6.20. The zero-order valence-electron chi connectivity index (χ0n) is 19.4. The molecule has 0 bridgehead atoms. The lowest BCUT2D eigenvalue weighted by atomic mass is 9.92. The second kappa shape index (κ2) is 10.9. The van der Waals surface area contributed by atoms with Crippen LogP contribution in [0.15, 0.2) is 42.5 Å². The van der Waals surface area contributed by atoms with Crippen molar-refractivity contribution in [2.75, 3.05) is 18.4 Å². The minimum Gasteiger partial charge on any atom is -0.353 e. The molecular formula is C27H34FN3O2. The van der Waals surface area contributed by atoms with Crippen LogP contribution in [0.25, 0.3) is 0 Å². The molecular weight excluding hydrogens is 417 g/mol. The van der Waals surface area contributed by atoms with Gasteiger partial charge in [-0.1, -0.05) is 37.5 Å². The van der Waals surface area contributed by atoms with Gasteiger partial charge < -0.3 is 10.6 Å². The van der Waals surface area contributed by atoms with Crippen LogP contribution < -0.4 is 10.6 Å². The highest BCUT2D eigenvalue weighted by atomic mass is 19.1. The maximum absolute atomic E-state index is 13.8. The summed E-state index contributed by atoms with van der Waals surface area (Å²) in [5.41, 5.74) is 2.49. The van der Waals surface area contributed by atoms with E-state index in [4.69, 9.17) is 0 Å². The third-order valence-corrected chi connectivity index (χ3v) is 7.01. The molecule has 2 aromatic rings. The van der Waals surface area contributed by atoms with E-state index < -0.39 is 0 Å². The number of benzene rings is 2. The van der Waals surface area contributed by atoms with E-state index in [1.807, 2.05) is 24.3 Å². The van der Waals surface area contributed by atoms with E-state index in [0.717, 1.165) is 50.9 Å². The Kier molecular flexibility index (Phi) is 7.76. The molecule has 0 aromatic heterocycles. The smallest absolute Gasteiger partial charge is 0.256 e. The number of nitrogens with one attached hydrogen (secondary N) is 2. The van der Waals surface area contributed by atoms with E-state index in [1.54, 1.807) is 19.1 Å². The largest absolute Gasteiger partial charge is 0.353 e. The predicted molar refractivity (Wildman–Crippen MR) is 129 cm³/mol. The third-order valence-electron chi connectivity index (χ3n) is 7.01. The van der Waals surface area contributed by atoms with Gasteiger partial charge in [-0.05, 0) is 81.1 Å². The molecule has 1 saturated carbocycles. The molecule has 1 aliphatic heterocycles. The van der Waals surface area contributed by atoms with Gasteiger partial charge in [0.15, 0.2) is 0 Å². The van der Waals surface area contributed by atoms with Crippen molar-refractivity contribution in [2.24, 2.45) is 5.92 Å². The van der Waals surface area contributed by atoms with Crippen molar-refractivity contribution in [1.29, 1.82) is 0 Å². The molecule has 1 saturated heterocycles. The molecule has 2 amide bonds. The van der Waals surface area contributed by atoms with Crippen molar-refractivity contribution >= 4 is 17.5 Å². The number of nitrogens with zero attached hydrogens (tertiary/aromatic N) is 1. The second-order valence-electron chi connectivity index (χ2n) is 9.46. The first kappa shape index (κ1) is 23.4. The van der Waals surface area contributed by atoms with Gasteiger partial charge in [0.25, 0.3) is 5.91 Å². The maximum atomic E-state index is 13.8. The molecule has 2 fully saturated rings. The van der Waals surface area contributed by atoms with E-state index in [1.165, 1.54) is 25.3 Å². The Bertz CT molecular complexity index is 979. The number of piperidine rings is 1. The second-order valence-corrected chi connectivity index (χ2v) is 9.46. The number of amides is 2. The summed E-state index contributed by atoms with van der Waals surface area (Å²) in [6.45, 7) is 4.17. The van der Waals surface area contributed by atoms with Gasteiger partial charge in [-0.15, -0.1) is 0 Å². The van der Waals surface area contributed by atoms with Gasteiger partial charge in [0.2, 0.25) is 5.91 Å². The van der Waals surface area contributed by atoms with E-state index in [0.29, 0.717) is 22.9 Å². The Morgan fingerprint density at radius 2 is 1.73 bits per heavy atom. The molecule has 1 heterocycles. The fourth-order valence-electron chi connectivity index (χ4n) is 4.98. The number of anilines is 1. The highest BCUT2D eigenvalue weighted by Gasteiger charge is 2.27. The molecule has 1 aliphatic carbocycles. The number of hydrogen-bond donors (Lipinski definition) is 2. The van der Waals surface area contributed by atoms with Crippen LogP contribution in [0.3, 0.4) is 0 Å². The van der Waals surface area contributed by atoms with Crippen LogP contribution in [0.5, 0.6) is 0 Å². The number of likely N-dealkylation sites (tertiary alicyclic amines) is 1. The molecule has 6 heteroatoms. The summed E-state index contributed by atoms with van der Waals surface area (Å²) in [6.07, 6.45) is 7.75. The summed E-state index contributed by atoms with van der Waals surface area (Å²) in [5, 5.41) is 6.17. The van der Waals surface area contributed by atoms with Crippen LogP contribution in [0.2, 0.25) is 0 Å². The van der Waals surface area contributed by atoms with Crippen LogP contribution in [-0.2, 0) is 11.3 Å². The van der Waals surface area contributed by atoms with Crippen molar-refractivity contribution in [2.45, 2.75) is 64.5 Å². The van der Waals surface area contributed by atoms with Crippen molar-refractivity contribution in [1.82, 2.24) is 10.2 Å². The van der Waals surface area contributed by atoms with Crippen LogP contribution in [-0.4, -0.2) is 35.8 Å². The lowest BCUT2D eigenvalue weighted by Gasteiger charge is -2.32. The first-order valence-electron chi connectivity index (χ1n) is 12.2. The van der Waals surface area contributed by atoms with Gasteiger partial charge in [0.1, 0.15) is 5.82 Å². The fraction of sp³-hybridized carbons (Fsp3) is 0.481. The molecule has 33 heavy (non-hydrogen) atoms. The Balaban J connectivity index is 1.28. The molecule has 0 unspecified atom stereocenters. The van der Waals surface area contributed by atoms with Gasteiger partial charge in [0.05, 0.1) is 0 Å². The Morgan fingerprint density at radius 1 is 1.00 bits per heavy atom. The molecule has 2 N–H and O–H groups in total. The van der Waals surface area contributed by atoms with E-state index >= 15 is 0 Å². The van der Waals surface area contributed by atoms with Gasteiger partial charge in [-0.25, -0.2) is 4.39 Å². The molecule has 0 spiro atoms. The summed E-state index contributed by atoms with van der Waals surface area (Å²) in [6, 6.07) is 12.7. The lowest BCUT2D eigenvalue weighted by molar-refractivity contribution is -0.127. The number of halogens is 1. The van der Waals surface area contributed by atoms with Crippen LogP contribution >= 0.6 is 0 Å².